The molecule has 0 aromatic carbocycles. The van der Waals surface area contributed by atoms with Crippen LogP contribution in [0.5, 0.6) is 0 Å². The van der Waals surface area contributed by atoms with Crippen LogP contribution in [0, 0.1) is 0 Å². The van der Waals surface area contributed by atoms with Gasteiger partial charge in [0.15, 0.2) is 0 Å². The zero-order chi connectivity index (χ0) is 15.6. The number of nitrogens with zero attached hydrogens (tertiary/aromatic N) is 1. The molecule has 21 heavy (non-hydrogen) atoms. The molecule has 0 bridgehead atoms. The van der Waals surface area contributed by atoms with Crippen molar-refractivity contribution in [3.05, 3.63) is 17.9 Å². The van der Waals surface area contributed by atoms with Crippen molar-refractivity contribution in [1.29, 1.82) is 0 Å². The summed E-state index contributed by atoms with van der Waals surface area (Å²) in [5, 5.41) is 13.4. The molecule has 1 fully saturated rings. The second-order valence-electron chi connectivity index (χ2n) is 4.46. The van der Waals surface area contributed by atoms with E-state index in [1.54, 1.807) is 0 Å². The van der Waals surface area contributed by atoms with Gasteiger partial charge in [-0.25, -0.2) is 4.79 Å². The fraction of sp³-hybridized carbons (Fsp3) is 0.333. The Labute approximate surface area is 118 Å². The lowest BCUT2D eigenvalue weighted by Crippen LogP contribution is -2.52. The molecule has 1 unspecified atom stereocenters. The molecule has 9 heteroatoms. The highest BCUT2D eigenvalue weighted by molar-refractivity contribution is 6.06. The summed E-state index contributed by atoms with van der Waals surface area (Å²) in [7, 11) is 1.23. The first-order valence-corrected chi connectivity index (χ1v) is 6.09. The molecule has 1 aliphatic rings. The van der Waals surface area contributed by atoms with Gasteiger partial charge in [-0.2, -0.15) is 0 Å². The summed E-state index contributed by atoms with van der Waals surface area (Å²) in [5.74, 6) is -1.77. The van der Waals surface area contributed by atoms with Gasteiger partial charge in [0, 0.05) is 13.5 Å². The van der Waals surface area contributed by atoms with E-state index in [0.717, 1.165) is 4.90 Å². The monoisotopic (exact) mass is 295 g/mol. The lowest BCUT2D eigenvalue weighted by molar-refractivity contribution is -0.134. The number of hydrogen-bond acceptors (Lipinski definition) is 5. The minimum absolute atomic E-state index is 0.00963. The SMILES string of the molecule is CN(C(=O)O)c1occc1C(=O)NC1CCC(=O)NC1=O. The maximum Gasteiger partial charge on any atom is 0.413 e. The van der Waals surface area contributed by atoms with Gasteiger partial charge in [-0.05, 0) is 12.5 Å². The molecule has 1 saturated heterocycles. The van der Waals surface area contributed by atoms with Crippen molar-refractivity contribution in [3.8, 4) is 0 Å². The first-order valence-electron chi connectivity index (χ1n) is 6.09. The van der Waals surface area contributed by atoms with Gasteiger partial charge in [-0.15, -0.1) is 0 Å². The second kappa shape index (κ2) is 5.65. The average molecular weight is 295 g/mol. The van der Waals surface area contributed by atoms with Crippen LogP contribution in [0.15, 0.2) is 16.7 Å². The van der Waals surface area contributed by atoms with E-state index in [9.17, 15) is 19.2 Å². The Morgan fingerprint density at radius 1 is 1.48 bits per heavy atom. The van der Waals surface area contributed by atoms with Gasteiger partial charge in [-0.1, -0.05) is 0 Å². The fourth-order valence-corrected chi connectivity index (χ4v) is 1.89. The molecule has 1 aromatic heterocycles. The highest BCUT2D eigenvalue weighted by atomic mass is 16.4. The molecule has 112 valence electrons. The molecule has 0 spiro atoms. The van der Waals surface area contributed by atoms with E-state index < -0.39 is 23.9 Å². The van der Waals surface area contributed by atoms with Gasteiger partial charge in [0.2, 0.25) is 17.7 Å². The zero-order valence-corrected chi connectivity index (χ0v) is 11.1. The topological polar surface area (TPSA) is 129 Å². The van der Waals surface area contributed by atoms with Gasteiger partial charge in [-0.3, -0.25) is 24.6 Å². The van der Waals surface area contributed by atoms with Crippen LogP contribution in [0.2, 0.25) is 0 Å². The number of carbonyl (C=O) groups excluding carboxylic acids is 3. The molecular weight excluding hydrogens is 282 g/mol. The van der Waals surface area contributed by atoms with Crippen molar-refractivity contribution in [2.45, 2.75) is 18.9 Å². The first-order chi connectivity index (χ1) is 9.90. The van der Waals surface area contributed by atoms with Crippen molar-refractivity contribution < 1.29 is 28.7 Å². The normalized spacial score (nSPS) is 18.0. The average Bonchev–Trinajstić information content (AvgIpc) is 2.90. The second-order valence-corrected chi connectivity index (χ2v) is 4.46. The third-order valence-corrected chi connectivity index (χ3v) is 3.03. The van der Waals surface area contributed by atoms with Crippen molar-refractivity contribution in [3.63, 3.8) is 0 Å². The maximum absolute atomic E-state index is 12.1. The number of carboxylic acid groups (broad SMARTS) is 1. The van der Waals surface area contributed by atoms with Crippen molar-refractivity contribution in [2.24, 2.45) is 0 Å². The number of carbonyl (C=O) groups is 4. The lowest BCUT2D eigenvalue weighted by Gasteiger charge is -2.22. The predicted octanol–water partition coefficient (Wildman–Crippen LogP) is -0.0712. The molecule has 1 aliphatic heterocycles. The minimum atomic E-state index is -1.29. The summed E-state index contributed by atoms with van der Waals surface area (Å²) < 4.78 is 4.97. The molecule has 1 atom stereocenters. The molecule has 9 nitrogen and oxygen atoms in total. The number of anilines is 1. The van der Waals surface area contributed by atoms with Crippen LogP contribution >= 0.6 is 0 Å². The Morgan fingerprint density at radius 3 is 2.81 bits per heavy atom. The molecular formula is C12H13N3O6. The Kier molecular flexibility index (Phi) is 3.92. The van der Waals surface area contributed by atoms with Crippen LogP contribution in [0.4, 0.5) is 10.7 Å². The van der Waals surface area contributed by atoms with E-state index in [1.807, 2.05) is 0 Å². The van der Waals surface area contributed by atoms with Gasteiger partial charge in [0.1, 0.15) is 11.6 Å². The summed E-state index contributed by atoms with van der Waals surface area (Å²) in [4.78, 5) is 46.3. The molecule has 2 rings (SSSR count). The van der Waals surface area contributed by atoms with Crippen LogP contribution in [0.25, 0.3) is 0 Å². The number of rotatable bonds is 3. The molecule has 3 N–H and O–H groups in total. The Balaban J connectivity index is 2.11. The Morgan fingerprint density at radius 2 is 2.19 bits per heavy atom. The Bertz CT molecular complexity index is 608. The van der Waals surface area contributed by atoms with Crippen LogP contribution in [0.3, 0.4) is 0 Å². The number of hydrogen-bond donors (Lipinski definition) is 3. The molecule has 1 aromatic rings. The number of furan rings is 1. The largest absolute Gasteiger partial charge is 0.465 e. The third kappa shape index (κ3) is 3.02. The maximum atomic E-state index is 12.1. The van der Waals surface area contributed by atoms with Crippen LogP contribution in [0.1, 0.15) is 23.2 Å². The molecule has 2 heterocycles. The van der Waals surface area contributed by atoms with Crippen molar-refractivity contribution in [2.75, 3.05) is 11.9 Å². The summed E-state index contributed by atoms with van der Waals surface area (Å²) in [6.07, 6.45) is 0.205. The zero-order valence-electron chi connectivity index (χ0n) is 11.1. The molecule has 0 aliphatic carbocycles. The summed E-state index contributed by atoms with van der Waals surface area (Å²) in [5.41, 5.74) is -0.00963. The number of piperidine rings is 1. The van der Waals surface area contributed by atoms with Crippen molar-refractivity contribution >= 4 is 29.7 Å². The van der Waals surface area contributed by atoms with Gasteiger partial charge in [0.05, 0.1) is 6.26 Å². The lowest BCUT2D eigenvalue weighted by atomic mass is 10.1. The predicted molar refractivity (Wildman–Crippen MR) is 68.8 cm³/mol. The van der Waals surface area contributed by atoms with E-state index in [1.165, 1.54) is 19.4 Å². The standard InChI is InChI=1S/C12H13N3O6/c1-15(12(19)20)11-6(4-5-21-11)9(17)13-7-2-3-8(16)14-10(7)18/h4-5,7H,2-3H2,1H3,(H,13,17)(H,19,20)(H,14,16,18). The van der Waals surface area contributed by atoms with Crippen LogP contribution in [-0.4, -0.2) is 42.0 Å². The quantitative estimate of drug-likeness (QED) is 0.669. The number of imide groups is 1. The highest BCUT2D eigenvalue weighted by Gasteiger charge is 2.30. The summed E-state index contributed by atoms with van der Waals surface area (Å²) in [6.45, 7) is 0. The number of amides is 4. The first kappa shape index (κ1) is 14.6. The van der Waals surface area contributed by atoms with E-state index in [4.69, 9.17) is 9.52 Å². The van der Waals surface area contributed by atoms with Crippen LogP contribution in [-0.2, 0) is 9.59 Å². The number of nitrogens with one attached hydrogen (secondary N) is 2. The third-order valence-electron chi connectivity index (χ3n) is 3.03. The van der Waals surface area contributed by atoms with Gasteiger partial charge in [0.25, 0.3) is 5.91 Å². The van der Waals surface area contributed by atoms with E-state index in [2.05, 4.69) is 10.6 Å². The highest BCUT2D eigenvalue weighted by Crippen LogP contribution is 2.21. The molecule has 0 radical (unpaired) electrons. The van der Waals surface area contributed by atoms with E-state index >= 15 is 0 Å². The summed E-state index contributed by atoms with van der Waals surface area (Å²) in [6, 6.07) is 0.462. The summed E-state index contributed by atoms with van der Waals surface area (Å²) >= 11 is 0. The van der Waals surface area contributed by atoms with Crippen LogP contribution < -0.4 is 15.5 Å². The smallest absolute Gasteiger partial charge is 0.413 e. The molecule has 4 amide bonds. The molecule has 0 saturated carbocycles. The fourth-order valence-electron chi connectivity index (χ4n) is 1.89. The minimum Gasteiger partial charge on any atom is -0.465 e. The van der Waals surface area contributed by atoms with E-state index in [-0.39, 0.29) is 30.2 Å². The van der Waals surface area contributed by atoms with Gasteiger partial charge >= 0.3 is 6.09 Å². The van der Waals surface area contributed by atoms with E-state index in [0.29, 0.717) is 0 Å². The Hall–Kier alpha value is -2.84. The van der Waals surface area contributed by atoms with Gasteiger partial charge < -0.3 is 14.8 Å². The van der Waals surface area contributed by atoms with Crippen molar-refractivity contribution in [1.82, 2.24) is 10.6 Å².